The monoisotopic (exact) mass is 340 g/mol. The number of nitrogens with one attached hydrogen (secondary N) is 2. The van der Waals surface area contributed by atoms with E-state index in [4.69, 9.17) is 10.5 Å². The standard InChI is InChI=1S/C15H9BrN4O/c16-12-3-6-14(11(7-12)9-18)20-15(21)19-13-4-1-10(8-17)2-5-13/h1-7H,(H2,19,20,21). The molecule has 0 unspecified atom stereocenters. The van der Waals surface area contributed by atoms with Crippen molar-refractivity contribution in [3.63, 3.8) is 0 Å². The highest BCUT2D eigenvalue weighted by atomic mass is 79.9. The largest absolute Gasteiger partial charge is 0.323 e. The van der Waals surface area contributed by atoms with Crippen molar-refractivity contribution in [2.75, 3.05) is 10.6 Å². The molecule has 0 radical (unpaired) electrons. The second-order valence-electron chi connectivity index (χ2n) is 4.07. The van der Waals surface area contributed by atoms with Crippen LogP contribution >= 0.6 is 15.9 Å². The average Bonchev–Trinajstić information content (AvgIpc) is 2.49. The number of benzene rings is 2. The number of hydrogen-bond acceptors (Lipinski definition) is 3. The highest BCUT2D eigenvalue weighted by Gasteiger charge is 2.07. The summed E-state index contributed by atoms with van der Waals surface area (Å²) in [6.45, 7) is 0. The zero-order chi connectivity index (χ0) is 15.2. The van der Waals surface area contributed by atoms with Crippen molar-refractivity contribution in [3.8, 4) is 12.1 Å². The molecule has 2 N–H and O–H groups in total. The van der Waals surface area contributed by atoms with Crippen LogP contribution in [0.15, 0.2) is 46.9 Å². The summed E-state index contributed by atoms with van der Waals surface area (Å²) in [5.74, 6) is 0. The number of hydrogen-bond donors (Lipinski definition) is 2. The van der Waals surface area contributed by atoms with Gasteiger partial charge in [0.05, 0.1) is 22.9 Å². The predicted molar refractivity (Wildman–Crippen MR) is 82.7 cm³/mol. The maximum atomic E-state index is 11.9. The molecule has 0 heterocycles. The van der Waals surface area contributed by atoms with Crippen LogP contribution in [0.1, 0.15) is 11.1 Å². The van der Waals surface area contributed by atoms with Gasteiger partial charge in [-0.25, -0.2) is 4.79 Å². The van der Waals surface area contributed by atoms with Gasteiger partial charge < -0.3 is 10.6 Å². The van der Waals surface area contributed by atoms with Gasteiger partial charge in [0.25, 0.3) is 0 Å². The molecule has 0 aliphatic rings. The van der Waals surface area contributed by atoms with Crippen LogP contribution in [0, 0.1) is 22.7 Å². The molecular formula is C15H9BrN4O. The topological polar surface area (TPSA) is 88.7 Å². The molecule has 2 aromatic carbocycles. The van der Waals surface area contributed by atoms with Crippen molar-refractivity contribution in [3.05, 3.63) is 58.1 Å². The van der Waals surface area contributed by atoms with Gasteiger partial charge in [0.15, 0.2) is 0 Å². The molecule has 0 aliphatic heterocycles. The number of carbonyl (C=O) groups excluding carboxylic acids is 1. The van der Waals surface area contributed by atoms with Gasteiger partial charge in [0, 0.05) is 10.2 Å². The summed E-state index contributed by atoms with van der Waals surface area (Å²) in [6.07, 6.45) is 0. The molecule has 0 saturated carbocycles. The number of urea groups is 1. The van der Waals surface area contributed by atoms with Crippen LogP contribution in [0.5, 0.6) is 0 Å². The molecule has 2 amide bonds. The second-order valence-corrected chi connectivity index (χ2v) is 4.99. The third kappa shape index (κ3) is 3.82. The Bertz CT molecular complexity index is 757. The van der Waals surface area contributed by atoms with Crippen molar-refractivity contribution in [1.29, 1.82) is 10.5 Å². The molecule has 5 nitrogen and oxygen atoms in total. The van der Waals surface area contributed by atoms with Gasteiger partial charge in [-0.1, -0.05) is 15.9 Å². The highest BCUT2D eigenvalue weighted by molar-refractivity contribution is 9.10. The summed E-state index contributed by atoms with van der Waals surface area (Å²) < 4.78 is 0.761. The van der Waals surface area contributed by atoms with Gasteiger partial charge in [-0.05, 0) is 42.5 Å². The van der Waals surface area contributed by atoms with Crippen molar-refractivity contribution < 1.29 is 4.79 Å². The average molecular weight is 341 g/mol. The number of amides is 2. The lowest BCUT2D eigenvalue weighted by Crippen LogP contribution is -2.20. The van der Waals surface area contributed by atoms with Gasteiger partial charge in [0.1, 0.15) is 6.07 Å². The van der Waals surface area contributed by atoms with Crippen LogP contribution in [0.2, 0.25) is 0 Å². The minimum atomic E-state index is -0.460. The van der Waals surface area contributed by atoms with Crippen LogP contribution in [0.25, 0.3) is 0 Å². The van der Waals surface area contributed by atoms with Crippen molar-refractivity contribution >= 4 is 33.3 Å². The summed E-state index contributed by atoms with van der Waals surface area (Å²) in [5.41, 5.74) is 1.86. The van der Waals surface area contributed by atoms with Crippen LogP contribution in [-0.2, 0) is 0 Å². The molecule has 102 valence electrons. The third-order valence-corrected chi connectivity index (χ3v) is 3.12. The molecule has 0 saturated heterocycles. The zero-order valence-electron chi connectivity index (χ0n) is 10.7. The van der Waals surface area contributed by atoms with Crippen LogP contribution in [-0.4, -0.2) is 6.03 Å². The lowest BCUT2D eigenvalue weighted by Gasteiger charge is -2.09. The smallest absolute Gasteiger partial charge is 0.308 e. The van der Waals surface area contributed by atoms with E-state index in [2.05, 4.69) is 26.6 Å². The minimum Gasteiger partial charge on any atom is -0.308 e. The lowest BCUT2D eigenvalue weighted by atomic mass is 10.2. The number of nitriles is 2. The predicted octanol–water partition coefficient (Wildman–Crippen LogP) is 3.84. The van der Waals surface area contributed by atoms with Gasteiger partial charge in [-0.2, -0.15) is 10.5 Å². The fraction of sp³-hybridized carbons (Fsp3) is 0. The molecule has 0 aliphatic carbocycles. The van der Waals surface area contributed by atoms with Crippen LogP contribution in [0.3, 0.4) is 0 Å². The molecule has 0 bridgehead atoms. The van der Waals surface area contributed by atoms with Crippen molar-refractivity contribution in [2.24, 2.45) is 0 Å². The highest BCUT2D eigenvalue weighted by Crippen LogP contribution is 2.20. The molecule has 0 fully saturated rings. The molecule has 0 atom stereocenters. The van der Waals surface area contributed by atoms with E-state index in [1.807, 2.05) is 12.1 Å². The number of rotatable bonds is 2. The SMILES string of the molecule is N#Cc1ccc(NC(=O)Nc2ccc(Br)cc2C#N)cc1. The molecule has 0 aromatic heterocycles. The Morgan fingerprint density at radius 1 is 1.00 bits per heavy atom. The van der Waals surface area contributed by atoms with Gasteiger partial charge in [0.2, 0.25) is 0 Å². The number of nitrogens with zero attached hydrogens (tertiary/aromatic N) is 2. The molecule has 0 spiro atoms. The Balaban J connectivity index is 2.08. The first-order valence-corrected chi connectivity index (χ1v) is 6.69. The fourth-order valence-corrected chi connectivity index (χ4v) is 1.99. The molecular weight excluding hydrogens is 332 g/mol. The molecule has 2 rings (SSSR count). The first-order chi connectivity index (χ1) is 10.1. The summed E-state index contributed by atoms with van der Waals surface area (Å²) in [7, 11) is 0. The second kappa shape index (κ2) is 6.56. The molecule has 2 aromatic rings. The Morgan fingerprint density at radius 3 is 2.33 bits per heavy atom. The quantitative estimate of drug-likeness (QED) is 0.870. The third-order valence-electron chi connectivity index (χ3n) is 2.62. The van der Waals surface area contributed by atoms with Crippen molar-refractivity contribution in [1.82, 2.24) is 0 Å². The summed E-state index contributed by atoms with van der Waals surface area (Å²) in [6, 6.07) is 15.0. The summed E-state index contributed by atoms with van der Waals surface area (Å²) in [5, 5.41) is 23.0. The maximum absolute atomic E-state index is 11.9. The van der Waals surface area contributed by atoms with E-state index in [0.29, 0.717) is 22.5 Å². The molecule has 6 heteroatoms. The summed E-state index contributed by atoms with van der Waals surface area (Å²) >= 11 is 3.26. The van der Waals surface area contributed by atoms with Gasteiger partial charge in [-0.3, -0.25) is 0 Å². The van der Waals surface area contributed by atoms with Crippen LogP contribution < -0.4 is 10.6 Å². The van der Waals surface area contributed by atoms with E-state index < -0.39 is 6.03 Å². The van der Waals surface area contributed by atoms with E-state index in [1.165, 1.54) is 0 Å². The van der Waals surface area contributed by atoms with E-state index in [0.717, 1.165) is 4.47 Å². The Labute approximate surface area is 129 Å². The first-order valence-electron chi connectivity index (χ1n) is 5.90. The van der Waals surface area contributed by atoms with E-state index >= 15 is 0 Å². The van der Waals surface area contributed by atoms with E-state index in [9.17, 15) is 4.79 Å². The zero-order valence-corrected chi connectivity index (χ0v) is 12.3. The Kier molecular flexibility index (Phi) is 4.55. The van der Waals surface area contributed by atoms with E-state index in [1.54, 1.807) is 42.5 Å². The Hall–Kier alpha value is -2.83. The van der Waals surface area contributed by atoms with Crippen LogP contribution in [0.4, 0.5) is 16.2 Å². The minimum absolute atomic E-state index is 0.361. The van der Waals surface area contributed by atoms with Gasteiger partial charge in [-0.15, -0.1) is 0 Å². The lowest BCUT2D eigenvalue weighted by molar-refractivity contribution is 0.262. The number of anilines is 2. The van der Waals surface area contributed by atoms with Crippen molar-refractivity contribution in [2.45, 2.75) is 0 Å². The maximum Gasteiger partial charge on any atom is 0.323 e. The van der Waals surface area contributed by atoms with E-state index in [-0.39, 0.29) is 0 Å². The Morgan fingerprint density at radius 2 is 1.71 bits per heavy atom. The summed E-state index contributed by atoms with van der Waals surface area (Å²) in [4.78, 5) is 11.9. The molecule has 21 heavy (non-hydrogen) atoms. The first kappa shape index (κ1) is 14.6. The number of carbonyl (C=O) groups is 1. The number of halogens is 1. The fourth-order valence-electron chi connectivity index (χ4n) is 1.63. The normalized spacial score (nSPS) is 9.29. The van der Waals surface area contributed by atoms with Gasteiger partial charge >= 0.3 is 6.03 Å².